The van der Waals surface area contributed by atoms with Crippen LogP contribution in [0.25, 0.3) is 10.9 Å². The molecule has 2 aromatic rings. The van der Waals surface area contributed by atoms with E-state index in [0.29, 0.717) is 16.4 Å². The molecule has 0 bridgehead atoms. The Morgan fingerprint density at radius 2 is 2.28 bits per heavy atom. The smallest absolute Gasteiger partial charge is 0.338 e. The summed E-state index contributed by atoms with van der Waals surface area (Å²) in [6.07, 6.45) is 2.91. The van der Waals surface area contributed by atoms with Gasteiger partial charge in [-0.15, -0.1) is 12.4 Å². The number of rotatable bonds is 5. The van der Waals surface area contributed by atoms with Crippen LogP contribution >= 0.6 is 28.3 Å². The van der Waals surface area contributed by atoms with Crippen molar-refractivity contribution in [3.05, 3.63) is 28.6 Å². The van der Waals surface area contributed by atoms with Crippen LogP contribution in [0, 0.1) is 5.82 Å². The van der Waals surface area contributed by atoms with E-state index in [0.717, 1.165) is 13.0 Å². The van der Waals surface area contributed by atoms with Crippen molar-refractivity contribution in [1.29, 1.82) is 0 Å². The fraction of sp³-hybridized carbons (Fsp3) is 0.438. The van der Waals surface area contributed by atoms with Crippen LogP contribution in [0.4, 0.5) is 4.39 Å². The van der Waals surface area contributed by atoms with Gasteiger partial charge in [-0.1, -0.05) is 15.9 Å². The lowest BCUT2D eigenvalue weighted by molar-refractivity contribution is -0.151. The van der Waals surface area contributed by atoms with E-state index in [9.17, 15) is 14.0 Å². The summed E-state index contributed by atoms with van der Waals surface area (Å²) in [5.74, 6) is -1.46. The van der Waals surface area contributed by atoms with Crippen LogP contribution in [0.15, 0.2) is 22.8 Å². The van der Waals surface area contributed by atoms with Crippen LogP contribution < -0.4 is 5.32 Å². The number of nitrogens with one attached hydrogen (secondary N) is 1. The Bertz CT molecular complexity index is 792. The highest BCUT2D eigenvalue weighted by molar-refractivity contribution is 9.10. The van der Waals surface area contributed by atoms with Crippen LogP contribution in [-0.2, 0) is 14.3 Å². The maximum atomic E-state index is 14.1. The minimum Gasteiger partial charge on any atom is -0.464 e. The van der Waals surface area contributed by atoms with Crippen molar-refractivity contribution in [2.75, 3.05) is 13.2 Å². The number of halogens is 3. The number of carbonyl (C=O) groups is 2. The third-order valence-corrected chi connectivity index (χ3v) is 4.46. The van der Waals surface area contributed by atoms with E-state index in [1.807, 2.05) is 0 Å². The molecule has 1 aliphatic heterocycles. The zero-order chi connectivity index (χ0) is 17.3. The minimum absolute atomic E-state index is 0. The molecular formula is C16H18BrClFN3O3. The van der Waals surface area contributed by atoms with Crippen LogP contribution in [0.5, 0.6) is 0 Å². The number of aromatic nitrogens is 2. The second-order valence-corrected chi connectivity index (χ2v) is 6.55. The van der Waals surface area contributed by atoms with Crippen molar-refractivity contribution < 1.29 is 18.7 Å². The van der Waals surface area contributed by atoms with E-state index in [2.05, 4.69) is 26.3 Å². The molecule has 25 heavy (non-hydrogen) atoms. The molecule has 2 atom stereocenters. The minimum atomic E-state index is -1.22. The molecule has 2 heterocycles. The molecule has 0 amide bonds. The summed E-state index contributed by atoms with van der Waals surface area (Å²) >= 11 is 3.21. The molecule has 6 nitrogen and oxygen atoms in total. The van der Waals surface area contributed by atoms with Gasteiger partial charge in [-0.3, -0.25) is 4.79 Å². The molecule has 0 saturated carbocycles. The van der Waals surface area contributed by atoms with Gasteiger partial charge in [-0.2, -0.15) is 5.10 Å². The van der Waals surface area contributed by atoms with Gasteiger partial charge in [0.1, 0.15) is 5.82 Å². The van der Waals surface area contributed by atoms with Crippen molar-refractivity contribution >= 4 is 51.0 Å². The van der Waals surface area contributed by atoms with Crippen molar-refractivity contribution in [2.24, 2.45) is 0 Å². The first-order valence-corrected chi connectivity index (χ1v) is 8.58. The standard InChI is InChI=1S/C16H17BrFN3O3.ClH/c1-2-24-16(23)14(15(22)12-4-3-5-19-12)21-8-10-11(18)6-9(17)7-13(10)20-21;/h6-8,12,14,19H,2-5H2,1H3;1H. The molecule has 1 N–H and O–H groups in total. The van der Waals surface area contributed by atoms with Gasteiger partial charge < -0.3 is 10.1 Å². The summed E-state index contributed by atoms with van der Waals surface area (Å²) in [4.78, 5) is 25.1. The Balaban J connectivity index is 0.00000225. The molecule has 1 aliphatic rings. The third kappa shape index (κ3) is 4.02. The van der Waals surface area contributed by atoms with Gasteiger partial charge in [0.25, 0.3) is 0 Å². The van der Waals surface area contributed by atoms with E-state index in [1.54, 1.807) is 13.0 Å². The second-order valence-electron chi connectivity index (χ2n) is 5.64. The van der Waals surface area contributed by atoms with Crippen molar-refractivity contribution in [1.82, 2.24) is 15.1 Å². The molecule has 2 unspecified atom stereocenters. The maximum Gasteiger partial charge on any atom is 0.338 e. The summed E-state index contributed by atoms with van der Waals surface area (Å²) in [5.41, 5.74) is 0.364. The normalized spacial score (nSPS) is 18.0. The number of hydrogen-bond acceptors (Lipinski definition) is 5. The fourth-order valence-electron chi connectivity index (χ4n) is 2.89. The molecule has 1 saturated heterocycles. The first-order valence-electron chi connectivity index (χ1n) is 7.79. The van der Waals surface area contributed by atoms with E-state index in [1.165, 1.54) is 16.9 Å². The van der Waals surface area contributed by atoms with Crippen molar-refractivity contribution in [3.63, 3.8) is 0 Å². The molecule has 9 heteroatoms. The number of benzene rings is 1. The summed E-state index contributed by atoms with van der Waals surface area (Å²) in [7, 11) is 0. The molecule has 0 aliphatic carbocycles. The predicted molar refractivity (Wildman–Crippen MR) is 96.3 cm³/mol. The summed E-state index contributed by atoms with van der Waals surface area (Å²) in [6, 6.07) is 1.32. The van der Waals surface area contributed by atoms with Gasteiger partial charge >= 0.3 is 5.97 Å². The van der Waals surface area contributed by atoms with Crippen molar-refractivity contribution in [3.8, 4) is 0 Å². The molecule has 1 aromatic carbocycles. The second kappa shape index (κ2) is 8.25. The SMILES string of the molecule is CCOC(=O)C(C(=O)C1CCCN1)n1cc2c(F)cc(Br)cc2n1.Cl. The number of esters is 1. The average molecular weight is 435 g/mol. The Labute approximate surface area is 158 Å². The molecule has 1 fully saturated rings. The van der Waals surface area contributed by atoms with Gasteiger partial charge in [-0.05, 0) is 38.4 Å². The maximum absolute atomic E-state index is 14.1. The lowest BCUT2D eigenvalue weighted by Crippen LogP contribution is -2.41. The molecule has 1 aromatic heterocycles. The molecule has 3 rings (SSSR count). The summed E-state index contributed by atoms with van der Waals surface area (Å²) < 4.78 is 20.9. The van der Waals surface area contributed by atoms with Crippen molar-refractivity contribution in [2.45, 2.75) is 31.8 Å². The zero-order valence-corrected chi connectivity index (χ0v) is 15.9. The molecule has 0 spiro atoms. The fourth-order valence-corrected chi connectivity index (χ4v) is 3.31. The molecular weight excluding hydrogens is 417 g/mol. The van der Waals surface area contributed by atoms with E-state index in [4.69, 9.17) is 4.74 Å². The van der Waals surface area contributed by atoms with Gasteiger partial charge in [0.15, 0.2) is 5.78 Å². The average Bonchev–Trinajstić information content (AvgIpc) is 3.16. The van der Waals surface area contributed by atoms with E-state index < -0.39 is 23.9 Å². The van der Waals surface area contributed by atoms with Gasteiger partial charge in [0.2, 0.25) is 6.04 Å². The Kier molecular flexibility index (Phi) is 6.53. The number of nitrogens with zero attached hydrogens (tertiary/aromatic N) is 2. The lowest BCUT2D eigenvalue weighted by Gasteiger charge is -2.18. The number of fused-ring (bicyclic) bond motifs is 1. The van der Waals surface area contributed by atoms with Crippen LogP contribution in [-0.4, -0.2) is 40.7 Å². The largest absolute Gasteiger partial charge is 0.464 e. The van der Waals surface area contributed by atoms with E-state index in [-0.39, 0.29) is 30.2 Å². The van der Waals surface area contributed by atoms with Crippen LogP contribution in [0.2, 0.25) is 0 Å². The summed E-state index contributed by atoms with van der Waals surface area (Å²) in [5, 5.41) is 7.56. The highest BCUT2D eigenvalue weighted by Gasteiger charge is 2.37. The first-order chi connectivity index (χ1) is 11.5. The van der Waals surface area contributed by atoms with Crippen LogP contribution in [0.3, 0.4) is 0 Å². The van der Waals surface area contributed by atoms with Gasteiger partial charge in [0.05, 0.1) is 23.6 Å². The molecule has 136 valence electrons. The Hall–Kier alpha value is -1.51. The summed E-state index contributed by atoms with van der Waals surface area (Å²) in [6.45, 7) is 2.56. The highest BCUT2D eigenvalue weighted by atomic mass is 79.9. The predicted octanol–water partition coefficient (Wildman–Crippen LogP) is 2.79. The lowest BCUT2D eigenvalue weighted by atomic mass is 10.0. The number of Topliss-reactive ketones (excluding diaryl/α,β-unsaturated/α-hetero) is 1. The Morgan fingerprint density at radius 1 is 1.52 bits per heavy atom. The van der Waals surface area contributed by atoms with E-state index >= 15 is 0 Å². The number of ketones is 1. The Morgan fingerprint density at radius 3 is 2.92 bits per heavy atom. The van der Waals surface area contributed by atoms with Crippen LogP contribution in [0.1, 0.15) is 25.8 Å². The number of ether oxygens (including phenoxy) is 1. The topological polar surface area (TPSA) is 73.2 Å². The van der Waals surface area contributed by atoms with Gasteiger partial charge in [-0.25, -0.2) is 13.9 Å². The quantitative estimate of drug-likeness (QED) is 0.579. The number of carbonyl (C=O) groups excluding carboxylic acids is 2. The first kappa shape index (κ1) is 19.8. The monoisotopic (exact) mass is 433 g/mol. The molecule has 0 radical (unpaired) electrons. The number of hydrogen-bond donors (Lipinski definition) is 1. The highest BCUT2D eigenvalue weighted by Crippen LogP contribution is 2.25. The van der Waals surface area contributed by atoms with Gasteiger partial charge in [0, 0.05) is 10.7 Å². The zero-order valence-electron chi connectivity index (χ0n) is 13.5. The third-order valence-electron chi connectivity index (χ3n) is 4.00.